The second-order valence-electron chi connectivity index (χ2n) is 2.89. The van der Waals surface area contributed by atoms with Gasteiger partial charge in [0.15, 0.2) is 5.52 Å². The van der Waals surface area contributed by atoms with Gasteiger partial charge in [-0.1, -0.05) is 5.10 Å². The third kappa shape index (κ3) is 1.60. The number of hydrogen-bond donors (Lipinski definition) is 1. The van der Waals surface area contributed by atoms with Crippen LogP contribution < -0.4 is 10.5 Å². The van der Waals surface area contributed by atoms with Crippen molar-refractivity contribution in [2.75, 3.05) is 0 Å². The zero-order valence-corrected chi connectivity index (χ0v) is 9.09. The van der Waals surface area contributed by atoms with Crippen LogP contribution in [0.1, 0.15) is 0 Å². The topological polar surface area (TPSA) is 116 Å². The Balaban J connectivity index is 2.93. The Morgan fingerprint density at radius 1 is 1.50 bits per heavy atom. The van der Waals surface area contributed by atoms with Gasteiger partial charge in [-0.2, -0.15) is 0 Å². The van der Waals surface area contributed by atoms with E-state index in [0.29, 0.717) is 0 Å². The standard InChI is InChI=1S/C7H3BrN4O4/c8-5-2-3(11(14)15)1-4-6(5)9-12(16)10-7(4)13/h1-2H,(H,9,10,13). The van der Waals surface area contributed by atoms with Crippen LogP contribution in [-0.4, -0.2) is 15.1 Å². The number of halogens is 1. The molecule has 0 spiro atoms. The minimum atomic E-state index is -0.732. The summed E-state index contributed by atoms with van der Waals surface area (Å²) in [7, 11) is 0. The number of hydrogen-bond acceptors (Lipinski definition) is 5. The fourth-order valence-corrected chi connectivity index (χ4v) is 1.76. The molecule has 8 nitrogen and oxygen atoms in total. The van der Waals surface area contributed by atoms with Crippen molar-refractivity contribution in [3.63, 3.8) is 0 Å². The maximum absolute atomic E-state index is 11.4. The molecule has 1 aromatic carbocycles. The van der Waals surface area contributed by atoms with Crippen molar-refractivity contribution in [2.24, 2.45) is 0 Å². The molecule has 82 valence electrons. The number of nitrogens with one attached hydrogen (secondary N) is 1. The predicted octanol–water partition coefficient (Wildman–Crippen LogP) is 0.227. The average Bonchev–Trinajstić information content (AvgIpc) is 2.19. The molecule has 1 N–H and O–H groups in total. The fraction of sp³-hybridized carbons (Fsp3) is 0. The number of benzene rings is 1. The number of fused-ring (bicyclic) bond motifs is 1. The molecule has 0 aliphatic heterocycles. The van der Waals surface area contributed by atoms with E-state index in [0.717, 1.165) is 6.07 Å². The Morgan fingerprint density at radius 2 is 2.19 bits per heavy atom. The summed E-state index contributed by atoms with van der Waals surface area (Å²) in [6.07, 6.45) is 0. The molecule has 0 atom stereocenters. The third-order valence-corrected chi connectivity index (χ3v) is 2.50. The summed E-state index contributed by atoms with van der Waals surface area (Å²) >= 11 is 3.01. The summed E-state index contributed by atoms with van der Waals surface area (Å²) in [5.74, 6) is 0. The highest BCUT2D eigenvalue weighted by molar-refractivity contribution is 9.10. The quantitative estimate of drug-likeness (QED) is 0.349. The minimum absolute atomic E-state index is 0.00125. The van der Waals surface area contributed by atoms with Crippen LogP contribution in [-0.2, 0) is 0 Å². The highest BCUT2D eigenvalue weighted by Crippen LogP contribution is 2.25. The monoisotopic (exact) mass is 286 g/mol. The number of H-pyrrole nitrogens is 1. The van der Waals surface area contributed by atoms with Gasteiger partial charge in [-0.25, -0.2) is 0 Å². The number of nitro groups is 1. The third-order valence-electron chi connectivity index (χ3n) is 1.89. The van der Waals surface area contributed by atoms with E-state index in [4.69, 9.17) is 0 Å². The molecule has 9 heteroatoms. The second-order valence-corrected chi connectivity index (χ2v) is 3.75. The van der Waals surface area contributed by atoms with Crippen molar-refractivity contribution >= 4 is 32.5 Å². The molecule has 0 fully saturated rings. The maximum Gasteiger partial charge on any atom is 0.311 e. The van der Waals surface area contributed by atoms with Crippen LogP contribution >= 0.6 is 15.9 Å². The summed E-state index contributed by atoms with van der Waals surface area (Å²) in [5, 5.41) is 26.7. The van der Waals surface area contributed by atoms with Gasteiger partial charge in [0.1, 0.15) is 0 Å². The molecule has 16 heavy (non-hydrogen) atoms. The first-order valence-corrected chi connectivity index (χ1v) is 4.76. The Kier molecular flexibility index (Phi) is 2.31. The second kappa shape index (κ2) is 3.52. The predicted molar refractivity (Wildman–Crippen MR) is 55.7 cm³/mol. The lowest BCUT2D eigenvalue weighted by molar-refractivity contribution is -0.727. The van der Waals surface area contributed by atoms with Crippen molar-refractivity contribution in [3.8, 4) is 0 Å². The van der Waals surface area contributed by atoms with Crippen molar-refractivity contribution in [1.82, 2.24) is 10.2 Å². The number of nitrogens with zero attached hydrogens (tertiary/aromatic N) is 3. The van der Waals surface area contributed by atoms with Crippen molar-refractivity contribution in [1.29, 1.82) is 0 Å². The van der Waals surface area contributed by atoms with Crippen LogP contribution in [0.3, 0.4) is 0 Å². The van der Waals surface area contributed by atoms with Crippen LogP contribution in [0, 0.1) is 15.3 Å². The average molecular weight is 287 g/mol. The Hall–Kier alpha value is -2.03. The molecular formula is C7H3BrN4O4. The molecular weight excluding hydrogens is 284 g/mol. The van der Waals surface area contributed by atoms with E-state index in [2.05, 4.69) is 21.0 Å². The minimum Gasteiger partial charge on any atom is -0.571 e. The van der Waals surface area contributed by atoms with Gasteiger partial charge < -0.3 is 5.21 Å². The summed E-state index contributed by atoms with van der Waals surface area (Å²) in [5.41, 5.74) is -0.913. The van der Waals surface area contributed by atoms with Crippen LogP contribution in [0.4, 0.5) is 5.69 Å². The fourth-order valence-electron chi connectivity index (χ4n) is 1.23. The lowest BCUT2D eigenvalue weighted by atomic mass is 10.2. The first-order valence-electron chi connectivity index (χ1n) is 3.97. The summed E-state index contributed by atoms with van der Waals surface area (Å²) in [6, 6.07) is 2.24. The van der Waals surface area contributed by atoms with Gasteiger partial charge in [-0.05, 0) is 15.9 Å². The van der Waals surface area contributed by atoms with Crippen molar-refractivity contribution in [2.45, 2.75) is 0 Å². The SMILES string of the molecule is O=c1[nH][n+]([O-])nc2c(Br)cc([N+](=O)[O-])cc12. The summed E-state index contributed by atoms with van der Waals surface area (Å²) in [4.78, 5) is 21.3. The van der Waals surface area contributed by atoms with Crippen molar-refractivity contribution in [3.05, 3.63) is 42.3 Å². The molecule has 1 heterocycles. The highest BCUT2D eigenvalue weighted by Gasteiger charge is 2.16. The van der Waals surface area contributed by atoms with Crippen LogP contribution in [0.2, 0.25) is 0 Å². The van der Waals surface area contributed by atoms with E-state index in [1.807, 2.05) is 5.10 Å². The summed E-state index contributed by atoms with van der Waals surface area (Å²) < 4.78 is 0.215. The molecule has 0 aliphatic rings. The van der Waals surface area contributed by atoms with E-state index in [1.54, 1.807) is 0 Å². The molecule has 0 unspecified atom stereocenters. The van der Waals surface area contributed by atoms with E-state index in [9.17, 15) is 20.1 Å². The molecule has 0 saturated heterocycles. The zero-order valence-electron chi connectivity index (χ0n) is 7.51. The molecule has 0 bridgehead atoms. The first-order chi connectivity index (χ1) is 7.49. The Morgan fingerprint density at radius 3 is 2.81 bits per heavy atom. The van der Waals surface area contributed by atoms with Crippen molar-refractivity contribution < 1.29 is 9.88 Å². The van der Waals surface area contributed by atoms with E-state index < -0.39 is 10.5 Å². The van der Waals surface area contributed by atoms with Gasteiger partial charge in [0.05, 0.1) is 14.8 Å². The van der Waals surface area contributed by atoms with Gasteiger partial charge in [0.2, 0.25) is 0 Å². The number of aromatic amines is 1. The van der Waals surface area contributed by atoms with Gasteiger partial charge in [0, 0.05) is 22.2 Å². The zero-order chi connectivity index (χ0) is 11.9. The number of non-ortho nitro benzene ring substituents is 1. The smallest absolute Gasteiger partial charge is 0.311 e. The van der Waals surface area contributed by atoms with E-state index in [-0.39, 0.29) is 26.0 Å². The Labute approximate surface area is 95.3 Å². The molecule has 2 aromatic rings. The normalized spacial score (nSPS) is 10.6. The number of rotatable bonds is 1. The lowest BCUT2D eigenvalue weighted by Crippen LogP contribution is -2.41. The van der Waals surface area contributed by atoms with E-state index >= 15 is 0 Å². The molecule has 1 aromatic heterocycles. The summed E-state index contributed by atoms with van der Waals surface area (Å²) in [6.45, 7) is 0. The molecule has 0 radical (unpaired) electrons. The number of aromatic nitrogens is 3. The first kappa shape index (κ1) is 10.5. The van der Waals surface area contributed by atoms with Gasteiger partial charge >= 0.3 is 5.56 Å². The van der Waals surface area contributed by atoms with Gasteiger partial charge in [-0.15, -0.1) is 0 Å². The van der Waals surface area contributed by atoms with Crippen LogP contribution in [0.25, 0.3) is 10.9 Å². The lowest BCUT2D eigenvalue weighted by Gasteiger charge is -1.98. The largest absolute Gasteiger partial charge is 0.571 e. The van der Waals surface area contributed by atoms with Crippen LogP contribution in [0.5, 0.6) is 0 Å². The number of nitro benzene ring substituents is 1. The van der Waals surface area contributed by atoms with Gasteiger partial charge in [0.25, 0.3) is 5.69 Å². The highest BCUT2D eigenvalue weighted by atomic mass is 79.9. The molecule has 0 saturated carbocycles. The Bertz CT molecular complexity index is 653. The van der Waals surface area contributed by atoms with Crippen LogP contribution in [0.15, 0.2) is 21.4 Å². The molecule has 0 amide bonds. The maximum atomic E-state index is 11.4. The van der Waals surface area contributed by atoms with E-state index in [1.165, 1.54) is 6.07 Å². The molecule has 0 aliphatic carbocycles. The molecule has 2 rings (SSSR count). The van der Waals surface area contributed by atoms with Gasteiger partial charge in [-0.3, -0.25) is 14.9 Å².